The molecule has 1 aromatic heterocycles. The van der Waals surface area contributed by atoms with Gasteiger partial charge in [-0.2, -0.15) is 0 Å². The van der Waals surface area contributed by atoms with Gasteiger partial charge in [0.1, 0.15) is 11.5 Å². The van der Waals surface area contributed by atoms with Gasteiger partial charge in [-0.25, -0.2) is 0 Å². The Kier molecular flexibility index (Phi) is 1.95. The van der Waals surface area contributed by atoms with E-state index in [9.17, 15) is 0 Å². The van der Waals surface area contributed by atoms with E-state index in [-0.39, 0.29) is 5.54 Å². The summed E-state index contributed by atoms with van der Waals surface area (Å²) in [5.74, 6) is 2.22. The summed E-state index contributed by atoms with van der Waals surface area (Å²) in [6.45, 7) is 7.52. The molecule has 1 unspecified atom stereocenters. The van der Waals surface area contributed by atoms with Crippen molar-refractivity contribution in [1.29, 1.82) is 0 Å². The number of nitrogens with one attached hydrogen (secondary N) is 1. The monoisotopic (exact) mass is 179 g/mol. The second kappa shape index (κ2) is 2.88. The van der Waals surface area contributed by atoms with Crippen molar-refractivity contribution in [3.8, 4) is 0 Å². The second-order valence-electron chi connectivity index (χ2n) is 4.06. The maximum Gasteiger partial charge on any atom is 0.110 e. The summed E-state index contributed by atoms with van der Waals surface area (Å²) in [5, 5.41) is 3.55. The standard InChI is InChI=1S/C11H17NO/c1-4-11(3)9-7-8(2)13-10(9)5-6-12-11/h7,12H,4-6H2,1-3H3. The normalized spacial score (nSPS) is 27.3. The third-order valence-electron chi connectivity index (χ3n) is 3.10. The Morgan fingerprint density at radius 2 is 2.38 bits per heavy atom. The summed E-state index contributed by atoms with van der Waals surface area (Å²) >= 11 is 0. The van der Waals surface area contributed by atoms with Gasteiger partial charge in [-0.15, -0.1) is 0 Å². The fourth-order valence-corrected chi connectivity index (χ4v) is 2.08. The highest BCUT2D eigenvalue weighted by Gasteiger charge is 2.32. The molecular formula is C11H17NO. The molecule has 2 nitrogen and oxygen atoms in total. The number of hydrogen-bond acceptors (Lipinski definition) is 2. The van der Waals surface area contributed by atoms with E-state index in [1.807, 2.05) is 6.92 Å². The SMILES string of the molecule is CCC1(C)NCCc2oc(C)cc21. The largest absolute Gasteiger partial charge is 0.466 e. The minimum absolute atomic E-state index is 0.130. The van der Waals surface area contributed by atoms with Crippen LogP contribution in [0.1, 0.15) is 37.4 Å². The zero-order valence-corrected chi connectivity index (χ0v) is 8.61. The molecule has 1 atom stereocenters. The first-order valence-corrected chi connectivity index (χ1v) is 5.00. The average Bonchev–Trinajstić information content (AvgIpc) is 2.48. The van der Waals surface area contributed by atoms with Gasteiger partial charge < -0.3 is 9.73 Å². The van der Waals surface area contributed by atoms with Crippen LogP contribution in [0.2, 0.25) is 0 Å². The Morgan fingerprint density at radius 1 is 1.62 bits per heavy atom. The second-order valence-corrected chi connectivity index (χ2v) is 4.06. The molecule has 2 heteroatoms. The lowest BCUT2D eigenvalue weighted by Crippen LogP contribution is -2.43. The molecule has 13 heavy (non-hydrogen) atoms. The van der Waals surface area contributed by atoms with Gasteiger partial charge in [-0.3, -0.25) is 0 Å². The highest BCUT2D eigenvalue weighted by molar-refractivity contribution is 5.31. The molecule has 0 aliphatic carbocycles. The summed E-state index contributed by atoms with van der Waals surface area (Å²) < 4.78 is 5.66. The molecule has 0 spiro atoms. The molecule has 0 saturated heterocycles. The zero-order valence-electron chi connectivity index (χ0n) is 8.61. The highest BCUT2D eigenvalue weighted by atomic mass is 16.3. The van der Waals surface area contributed by atoms with Crippen LogP contribution in [0, 0.1) is 6.92 Å². The maximum absolute atomic E-state index is 5.66. The van der Waals surface area contributed by atoms with Crippen LogP contribution >= 0.6 is 0 Å². The predicted octanol–water partition coefficient (Wildman–Crippen LogP) is 2.36. The Balaban J connectivity index is 2.47. The molecule has 72 valence electrons. The van der Waals surface area contributed by atoms with E-state index in [0.717, 1.165) is 25.1 Å². The van der Waals surface area contributed by atoms with Crippen LogP contribution < -0.4 is 5.32 Å². The minimum atomic E-state index is 0.130. The van der Waals surface area contributed by atoms with Crippen molar-refractivity contribution in [2.75, 3.05) is 6.54 Å². The summed E-state index contributed by atoms with van der Waals surface area (Å²) in [5.41, 5.74) is 1.49. The van der Waals surface area contributed by atoms with Gasteiger partial charge in [0, 0.05) is 24.1 Å². The summed E-state index contributed by atoms with van der Waals surface area (Å²) in [6.07, 6.45) is 2.14. The lowest BCUT2D eigenvalue weighted by Gasteiger charge is -2.33. The third kappa shape index (κ3) is 1.29. The van der Waals surface area contributed by atoms with Crippen molar-refractivity contribution < 1.29 is 4.42 Å². The number of aryl methyl sites for hydroxylation is 1. The van der Waals surface area contributed by atoms with Gasteiger partial charge in [-0.1, -0.05) is 6.92 Å². The molecule has 0 radical (unpaired) electrons. The molecule has 1 aliphatic heterocycles. The lowest BCUT2D eigenvalue weighted by molar-refractivity contribution is 0.314. The van der Waals surface area contributed by atoms with Gasteiger partial charge in [-0.05, 0) is 26.3 Å². The van der Waals surface area contributed by atoms with Crippen molar-refractivity contribution in [3.05, 3.63) is 23.2 Å². The number of rotatable bonds is 1. The summed E-state index contributed by atoms with van der Waals surface area (Å²) in [6, 6.07) is 2.17. The molecule has 2 heterocycles. The molecule has 0 aromatic carbocycles. The average molecular weight is 179 g/mol. The van der Waals surface area contributed by atoms with Gasteiger partial charge >= 0.3 is 0 Å². The molecule has 0 bridgehead atoms. The van der Waals surface area contributed by atoms with E-state index < -0.39 is 0 Å². The van der Waals surface area contributed by atoms with Crippen LogP contribution in [-0.4, -0.2) is 6.54 Å². The van der Waals surface area contributed by atoms with Gasteiger partial charge in [0.05, 0.1) is 0 Å². The molecule has 2 rings (SSSR count). The quantitative estimate of drug-likeness (QED) is 0.716. The first-order chi connectivity index (χ1) is 6.15. The van der Waals surface area contributed by atoms with Crippen LogP contribution in [0.15, 0.2) is 10.5 Å². The fourth-order valence-electron chi connectivity index (χ4n) is 2.08. The molecular weight excluding hydrogens is 162 g/mol. The van der Waals surface area contributed by atoms with Crippen LogP contribution in [0.4, 0.5) is 0 Å². The van der Waals surface area contributed by atoms with Crippen molar-refractivity contribution in [2.45, 2.75) is 39.2 Å². The topological polar surface area (TPSA) is 25.2 Å². The zero-order chi connectivity index (χ0) is 9.47. The Hall–Kier alpha value is -0.760. The van der Waals surface area contributed by atoms with Crippen molar-refractivity contribution >= 4 is 0 Å². The van der Waals surface area contributed by atoms with E-state index in [0.29, 0.717) is 0 Å². The first-order valence-electron chi connectivity index (χ1n) is 5.00. The Morgan fingerprint density at radius 3 is 3.08 bits per heavy atom. The molecule has 0 saturated carbocycles. The Bertz CT molecular complexity index is 316. The smallest absolute Gasteiger partial charge is 0.110 e. The van der Waals surface area contributed by atoms with Crippen LogP contribution in [0.25, 0.3) is 0 Å². The fraction of sp³-hybridized carbons (Fsp3) is 0.636. The van der Waals surface area contributed by atoms with Gasteiger partial charge in [0.15, 0.2) is 0 Å². The minimum Gasteiger partial charge on any atom is -0.466 e. The number of furan rings is 1. The third-order valence-corrected chi connectivity index (χ3v) is 3.10. The molecule has 0 amide bonds. The lowest BCUT2D eigenvalue weighted by atomic mass is 9.86. The summed E-state index contributed by atoms with van der Waals surface area (Å²) in [7, 11) is 0. The van der Waals surface area contributed by atoms with Crippen LogP contribution in [0.3, 0.4) is 0 Å². The van der Waals surface area contributed by atoms with Crippen molar-refractivity contribution in [1.82, 2.24) is 5.32 Å². The highest BCUT2D eigenvalue weighted by Crippen LogP contribution is 2.33. The number of fused-ring (bicyclic) bond motifs is 1. The van der Waals surface area contributed by atoms with Gasteiger partial charge in [0.25, 0.3) is 0 Å². The predicted molar refractivity (Wildman–Crippen MR) is 52.8 cm³/mol. The molecule has 1 aliphatic rings. The Labute approximate surface area is 79.3 Å². The first kappa shape index (κ1) is 8.82. The van der Waals surface area contributed by atoms with Crippen molar-refractivity contribution in [3.63, 3.8) is 0 Å². The van der Waals surface area contributed by atoms with E-state index in [1.54, 1.807) is 0 Å². The van der Waals surface area contributed by atoms with Crippen LogP contribution in [0.5, 0.6) is 0 Å². The molecule has 1 aromatic rings. The van der Waals surface area contributed by atoms with E-state index >= 15 is 0 Å². The maximum atomic E-state index is 5.66. The molecule has 1 N–H and O–H groups in total. The van der Waals surface area contributed by atoms with Gasteiger partial charge in [0.2, 0.25) is 0 Å². The van der Waals surface area contributed by atoms with E-state index in [2.05, 4.69) is 25.2 Å². The van der Waals surface area contributed by atoms with E-state index in [1.165, 1.54) is 11.3 Å². The van der Waals surface area contributed by atoms with E-state index in [4.69, 9.17) is 4.42 Å². The molecule has 0 fully saturated rings. The number of hydrogen-bond donors (Lipinski definition) is 1. The van der Waals surface area contributed by atoms with Crippen molar-refractivity contribution in [2.24, 2.45) is 0 Å². The van der Waals surface area contributed by atoms with Crippen LogP contribution in [-0.2, 0) is 12.0 Å². The summed E-state index contributed by atoms with van der Waals surface area (Å²) in [4.78, 5) is 0.